The number of carbonyl (C=O) groups excluding carboxylic acids is 2. The van der Waals surface area contributed by atoms with Gasteiger partial charge < -0.3 is 14.5 Å². The number of rotatable bonds is 6. The fourth-order valence-electron chi connectivity index (χ4n) is 3.82. The monoisotopic (exact) mass is 446 g/mol. The average molecular weight is 446 g/mol. The molecule has 1 N–H and O–H groups in total. The SMILES string of the molecule is CCCc1nc2oc(-c3ccc(F)cc3)c(C(=O)NC)c2cc1-c1cccc(C(=O)OC)c1. The van der Waals surface area contributed by atoms with E-state index in [1.54, 1.807) is 30.3 Å². The Morgan fingerprint density at radius 2 is 1.85 bits per heavy atom. The third-order valence-electron chi connectivity index (χ3n) is 5.40. The van der Waals surface area contributed by atoms with Crippen LogP contribution in [0.2, 0.25) is 0 Å². The minimum Gasteiger partial charge on any atom is -0.465 e. The zero-order valence-electron chi connectivity index (χ0n) is 18.6. The maximum absolute atomic E-state index is 13.5. The summed E-state index contributed by atoms with van der Waals surface area (Å²) >= 11 is 0. The number of fused-ring (bicyclic) bond motifs is 1. The lowest BCUT2D eigenvalue weighted by molar-refractivity contribution is 0.0600. The first kappa shape index (κ1) is 22.2. The highest BCUT2D eigenvalue weighted by Gasteiger charge is 2.24. The first-order valence-corrected chi connectivity index (χ1v) is 10.6. The van der Waals surface area contributed by atoms with Crippen LogP contribution in [-0.4, -0.2) is 31.0 Å². The summed E-state index contributed by atoms with van der Waals surface area (Å²) in [5.41, 5.74) is 4.00. The molecule has 2 heterocycles. The molecule has 1 amide bonds. The van der Waals surface area contributed by atoms with E-state index in [9.17, 15) is 14.0 Å². The lowest BCUT2D eigenvalue weighted by Crippen LogP contribution is -2.18. The molecule has 2 aromatic carbocycles. The zero-order chi connectivity index (χ0) is 23.5. The van der Waals surface area contributed by atoms with Crippen LogP contribution >= 0.6 is 0 Å². The zero-order valence-corrected chi connectivity index (χ0v) is 18.6. The molecule has 0 aliphatic heterocycles. The number of hydrogen-bond acceptors (Lipinski definition) is 5. The Labute approximate surface area is 190 Å². The van der Waals surface area contributed by atoms with E-state index in [0.717, 1.165) is 23.2 Å². The van der Waals surface area contributed by atoms with E-state index in [-0.39, 0.29) is 11.7 Å². The van der Waals surface area contributed by atoms with Gasteiger partial charge in [0.25, 0.3) is 5.91 Å². The standard InChI is InChI=1S/C26H23FN2O4/c1-4-6-21-19(16-7-5-8-17(13-16)26(31)32-3)14-20-22(24(30)28-2)23(33-25(20)29-21)15-9-11-18(27)12-10-15/h5,7-14H,4,6H2,1-3H3,(H,28,30). The largest absolute Gasteiger partial charge is 0.465 e. The van der Waals surface area contributed by atoms with Gasteiger partial charge in [-0.2, -0.15) is 0 Å². The number of furan rings is 1. The van der Waals surface area contributed by atoms with Crippen LogP contribution in [0.15, 0.2) is 59.0 Å². The van der Waals surface area contributed by atoms with Gasteiger partial charge in [-0.3, -0.25) is 4.79 Å². The number of nitrogens with zero attached hydrogens (tertiary/aromatic N) is 1. The number of methoxy groups -OCH3 is 1. The van der Waals surface area contributed by atoms with Crippen LogP contribution in [-0.2, 0) is 11.2 Å². The van der Waals surface area contributed by atoms with Crippen LogP contribution in [0.3, 0.4) is 0 Å². The summed E-state index contributed by atoms with van der Waals surface area (Å²) in [4.78, 5) is 29.7. The number of hydrogen-bond donors (Lipinski definition) is 1. The molecule has 33 heavy (non-hydrogen) atoms. The highest BCUT2D eigenvalue weighted by atomic mass is 19.1. The van der Waals surface area contributed by atoms with Crippen LogP contribution < -0.4 is 5.32 Å². The Kier molecular flexibility index (Phi) is 6.22. The van der Waals surface area contributed by atoms with E-state index in [0.29, 0.717) is 40.0 Å². The van der Waals surface area contributed by atoms with Gasteiger partial charge in [0.2, 0.25) is 5.71 Å². The molecule has 0 bridgehead atoms. The predicted octanol–water partition coefficient (Wildman–Crippen LogP) is 5.40. The van der Waals surface area contributed by atoms with Crippen molar-refractivity contribution in [2.45, 2.75) is 19.8 Å². The first-order chi connectivity index (χ1) is 16.0. The number of benzene rings is 2. The van der Waals surface area contributed by atoms with Crippen molar-refractivity contribution in [2.24, 2.45) is 0 Å². The second-order valence-electron chi connectivity index (χ2n) is 7.55. The minimum atomic E-state index is -0.434. The maximum atomic E-state index is 13.5. The summed E-state index contributed by atoms with van der Waals surface area (Å²) in [6.07, 6.45) is 1.52. The van der Waals surface area contributed by atoms with Gasteiger partial charge in [0.05, 0.1) is 29.3 Å². The van der Waals surface area contributed by atoms with Crippen molar-refractivity contribution < 1.29 is 23.1 Å². The summed E-state index contributed by atoms with van der Waals surface area (Å²) in [6, 6.07) is 14.7. The Morgan fingerprint density at radius 1 is 1.09 bits per heavy atom. The van der Waals surface area contributed by atoms with Gasteiger partial charge in [-0.1, -0.05) is 25.5 Å². The predicted molar refractivity (Wildman–Crippen MR) is 124 cm³/mol. The van der Waals surface area contributed by atoms with Gasteiger partial charge in [0, 0.05) is 18.2 Å². The maximum Gasteiger partial charge on any atom is 0.337 e. The summed E-state index contributed by atoms with van der Waals surface area (Å²) in [5.74, 6) is -0.837. The third-order valence-corrected chi connectivity index (χ3v) is 5.40. The second-order valence-corrected chi connectivity index (χ2v) is 7.55. The highest BCUT2D eigenvalue weighted by Crippen LogP contribution is 2.37. The van der Waals surface area contributed by atoms with Crippen LogP contribution in [0.5, 0.6) is 0 Å². The molecule has 2 aromatic heterocycles. The van der Waals surface area contributed by atoms with E-state index < -0.39 is 5.97 Å². The molecule has 4 aromatic rings. The molecule has 0 saturated carbocycles. The van der Waals surface area contributed by atoms with E-state index in [2.05, 4.69) is 5.32 Å². The van der Waals surface area contributed by atoms with E-state index >= 15 is 0 Å². The number of nitrogens with one attached hydrogen (secondary N) is 1. The van der Waals surface area contributed by atoms with Crippen molar-refractivity contribution in [1.29, 1.82) is 0 Å². The molecular formula is C26H23FN2O4. The third kappa shape index (κ3) is 4.22. The fourth-order valence-corrected chi connectivity index (χ4v) is 3.82. The molecule has 0 unspecified atom stereocenters. The molecule has 168 valence electrons. The lowest BCUT2D eigenvalue weighted by Gasteiger charge is -2.10. The quantitative estimate of drug-likeness (QED) is 0.401. The van der Waals surface area contributed by atoms with Gasteiger partial charge in [-0.25, -0.2) is 14.2 Å². The van der Waals surface area contributed by atoms with Crippen LogP contribution in [0, 0.1) is 5.82 Å². The van der Waals surface area contributed by atoms with Crippen molar-refractivity contribution in [1.82, 2.24) is 10.3 Å². The summed E-state index contributed by atoms with van der Waals surface area (Å²) < 4.78 is 24.4. The normalized spacial score (nSPS) is 10.9. The number of halogens is 1. The molecule has 0 fully saturated rings. The molecule has 0 radical (unpaired) electrons. The van der Waals surface area contributed by atoms with E-state index in [1.165, 1.54) is 26.3 Å². The number of aromatic nitrogens is 1. The molecule has 7 heteroatoms. The van der Waals surface area contributed by atoms with Gasteiger partial charge in [0.1, 0.15) is 11.6 Å². The van der Waals surface area contributed by atoms with Crippen LogP contribution in [0.25, 0.3) is 33.6 Å². The molecule has 6 nitrogen and oxygen atoms in total. The van der Waals surface area contributed by atoms with Gasteiger partial charge in [0.15, 0.2) is 0 Å². The lowest BCUT2D eigenvalue weighted by atomic mass is 9.97. The van der Waals surface area contributed by atoms with Gasteiger partial charge in [-0.15, -0.1) is 0 Å². The summed E-state index contributed by atoms with van der Waals surface area (Å²) in [6.45, 7) is 2.04. The molecule has 0 aliphatic carbocycles. The molecule has 0 aliphatic rings. The number of esters is 1. The van der Waals surface area contributed by atoms with Crippen LogP contribution in [0.1, 0.15) is 39.8 Å². The smallest absolute Gasteiger partial charge is 0.337 e. The highest BCUT2D eigenvalue weighted by molar-refractivity contribution is 6.11. The second kappa shape index (κ2) is 9.24. The molecule has 0 spiro atoms. The summed E-state index contributed by atoms with van der Waals surface area (Å²) in [5, 5.41) is 3.18. The van der Waals surface area contributed by atoms with E-state index in [1.807, 2.05) is 19.1 Å². The number of carbonyl (C=O) groups is 2. The Balaban J connectivity index is 1.98. The average Bonchev–Trinajstić information content (AvgIpc) is 3.21. The Bertz CT molecular complexity index is 1340. The van der Waals surface area contributed by atoms with Gasteiger partial charge >= 0.3 is 5.97 Å². The van der Waals surface area contributed by atoms with Crippen LogP contribution in [0.4, 0.5) is 4.39 Å². The number of ether oxygens (including phenoxy) is 1. The molecule has 4 rings (SSSR count). The van der Waals surface area contributed by atoms with Crippen molar-refractivity contribution >= 4 is 23.0 Å². The van der Waals surface area contributed by atoms with Crippen molar-refractivity contribution in [3.05, 3.63) is 77.2 Å². The fraction of sp³-hybridized carbons (Fsp3) is 0.192. The minimum absolute atomic E-state index is 0.319. The van der Waals surface area contributed by atoms with Gasteiger partial charge in [-0.05, 0) is 54.4 Å². The Hall–Kier alpha value is -4.00. The molecule has 0 atom stereocenters. The summed E-state index contributed by atoms with van der Waals surface area (Å²) in [7, 11) is 2.87. The Morgan fingerprint density at radius 3 is 2.52 bits per heavy atom. The molecular weight excluding hydrogens is 423 g/mol. The van der Waals surface area contributed by atoms with E-state index in [4.69, 9.17) is 14.1 Å². The number of pyridine rings is 1. The number of aryl methyl sites for hydroxylation is 1. The first-order valence-electron chi connectivity index (χ1n) is 10.6. The van der Waals surface area contributed by atoms with Crippen molar-refractivity contribution in [3.8, 4) is 22.5 Å². The topological polar surface area (TPSA) is 81.4 Å². The van der Waals surface area contributed by atoms with Crippen molar-refractivity contribution in [3.63, 3.8) is 0 Å². The van der Waals surface area contributed by atoms with Crippen molar-refractivity contribution in [2.75, 3.05) is 14.2 Å². The molecule has 0 saturated heterocycles. The number of amides is 1.